The van der Waals surface area contributed by atoms with Crippen LogP contribution < -0.4 is 16.4 Å². The Bertz CT molecular complexity index is 516. The first-order valence-corrected chi connectivity index (χ1v) is 6.31. The third-order valence-electron chi connectivity index (χ3n) is 2.97. The van der Waals surface area contributed by atoms with E-state index in [1.54, 1.807) is 0 Å². The standard InChI is InChI=1S/C12H15F3N4O2/c13-12(14,15)9-2-1-8(10(16)20)11(19-9)18-5-7-6-21-4-3-17-7/h1-2,7,17H,3-6H2,(H2,16,20)(H,18,19). The van der Waals surface area contributed by atoms with Crippen LogP contribution in [0.4, 0.5) is 19.0 Å². The van der Waals surface area contributed by atoms with Crippen molar-refractivity contribution in [2.45, 2.75) is 12.2 Å². The molecule has 4 N–H and O–H groups in total. The molecule has 1 aliphatic heterocycles. The molecule has 2 heterocycles. The molecule has 21 heavy (non-hydrogen) atoms. The predicted octanol–water partition coefficient (Wildman–Crippen LogP) is 0.600. The highest BCUT2D eigenvalue weighted by atomic mass is 19.4. The number of halogens is 3. The molecule has 0 aromatic carbocycles. The van der Waals surface area contributed by atoms with Gasteiger partial charge in [-0.3, -0.25) is 4.79 Å². The van der Waals surface area contributed by atoms with Crippen LogP contribution in [-0.4, -0.2) is 43.2 Å². The SMILES string of the molecule is NC(=O)c1ccc(C(F)(F)F)nc1NCC1COCCN1. The largest absolute Gasteiger partial charge is 0.433 e. The summed E-state index contributed by atoms with van der Waals surface area (Å²) in [6, 6.07) is 1.68. The summed E-state index contributed by atoms with van der Waals surface area (Å²) in [7, 11) is 0. The minimum absolute atomic E-state index is 0.0733. The Labute approximate surface area is 118 Å². The van der Waals surface area contributed by atoms with Gasteiger partial charge in [0, 0.05) is 19.1 Å². The number of anilines is 1. The number of ether oxygens (including phenoxy) is 1. The number of nitrogens with two attached hydrogens (primary N) is 1. The summed E-state index contributed by atoms with van der Waals surface area (Å²) < 4.78 is 43.2. The van der Waals surface area contributed by atoms with Crippen molar-refractivity contribution in [2.24, 2.45) is 5.73 Å². The average Bonchev–Trinajstić information content (AvgIpc) is 2.45. The highest BCUT2D eigenvalue weighted by molar-refractivity contribution is 5.97. The zero-order valence-electron chi connectivity index (χ0n) is 11.0. The van der Waals surface area contributed by atoms with Crippen molar-refractivity contribution in [3.05, 3.63) is 23.4 Å². The number of carbonyl (C=O) groups is 1. The first-order valence-electron chi connectivity index (χ1n) is 6.31. The molecule has 9 heteroatoms. The summed E-state index contributed by atoms with van der Waals surface area (Å²) in [5, 5.41) is 5.85. The van der Waals surface area contributed by atoms with Crippen molar-refractivity contribution in [3.8, 4) is 0 Å². The van der Waals surface area contributed by atoms with Gasteiger partial charge in [0.15, 0.2) is 0 Å². The molecule has 0 spiro atoms. The summed E-state index contributed by atoms with van der Waals surface area (Å²) in [6.45, 7) is 1.95. The highest BCUT2D eigenvalue weighted by Gasteiger charge is 2.33. The molecule has 0 saturated carbocycles. The number of rotatable bonds is 4. The van der Waals surface area contributed by atoms with Gasteiger partial charge < -0.3 is 21.1 Å². The van der Waals surface area contributed by atoms with E-state index in [4.69, 9.17) is 10.5 Å². The van der Waals surface area contributed by atoms with Crippen molar-refractivity contribution < 1.29 is 22.7 Å². The Morgan fingerprint density at radius 1 is 1.52 bits per heavy atom. The van der Waals surface area contributed by atoms with Gasteiger partial charge >= 0.3 is 6.18 Å². The minimum Gasteiger partial charge on any atom is -0.378 e. The van der Waals surface area contributed by atoms with Gasteiger partial charge in [-0.1, -0.05) is 0 Å². The van der Waals surface area contributed by atoms with Crippen LogP contribution in [0.25, 0.3) is 0 Å². The molecule has 1 aliphatic rings. The third kappa shape index (κ3) is 4.05. The summed E-state index contributed by atoms with van der Waals surface area (Å²) >= 11 is 0. The average molecular weight is 304 g/mol. The van der Waals surface area contributed by atoms with Gasteiger partial charge in [0.05, 0.1) is 18.8 Å². The lowest BCUT2D eigenvalue weighted by Gasteiger charge is -2.24. The monoisotopic (exact) mass is 304 g/mol. The topological polar surface area (TPSA) is 89.3 Å². The molecule has 1 fully saturated rings. The number of aromatic nitrogens is 1. The van der Waals surface area contributed by atoms with E-state index >= 15 is 0 Å². The van der Waals surface area contributed by atoms with E-state index in [9.17, 15) is 18.0 Å². The number of carbonyl (C=O) groups excluding carboxylic acids is 1. The molecule has 1 aromatic rings. The van der Waals surface area contributed by atoms with Crippen LogP contribution in [0.3, 0.4) is 0 Å². The first kappa shape index (κ1) is 15.5. The zero-order chi connectivity index (χ0) is 15.5. The fourth-order valence-corrected chi connectivity index (χ4v) is 1.92. The van der Waals surface area contributed by atoms with Gasteiger partial charge in [-0.05, 0) is 12.1 Å². The molecular weight excluding hydrogens is 289 g/mol. The van der Waals surface area contributed by atoms with Gasteiger partial charge in [-0.15, -0.1) is 0 Å². The number of nitrogens with zero attached hydrogens (tertiary/aromatic N) is 1. The molecule has 2 rings (SSSR count). The fourth-order valence-electron chi connectivity index (χ4n) is 1.92. The normalized spacial score (nSPS) is 19.3. The van der Waals surface area contributed by atoms with Crippen LogP contribution in [0.1, 0.15) is 16.1 Å². The molecule has 1 amide bonds. The Kier molecular flexibility index (Phi) is 4.63. The van der Waals surface area contributed by atoms with Crippen LogP contribution in [0.15, 0.2) is 12.1 Å². The lowest BCUT2D eigenvalue weighted by molar-refractivity contribution is -0.141. The zero-order valence-corrected chi connectivity index (χ0v) is 11.0. The van der Waals surface area contributed by atoms with E-state index in [1.165, 1.54) is 0 Å². The number of pyridine rings is 1. The Morgan fingerprint density at radius 2 is 2.29 bits per heavy atom. The van der Waals surface area contributed by atoms with Crippen LogP contribution in [0.5, 0.6) is 0 Å². The lowest BCUT2D eigenvalue weighted by atomic mass is 10.2. The van der Waals surface area contributed by atoms with E-state index in [0.29, 0.717) is 19.8 Å². The quantitative estimate of drug-likeness (QED) is 0.758. The number of amides is 1. The van der Waals surface area contributed by atoms with Crippen molar-refractivity contribution >= 4 is 11.7 Å². The molecule has 0 radical (unpaired) electrons. The van der Waals surface area contributed by atoms with E-state index in [0.717, 1.165) is 12.1 Å². The van der Waals surface area contributed by atoms with E-state index in [-0.39, 0.29) is 24.0 Å². The fraction of sp³-hybridized carbons (Fsp3) is 0.500. The molecule has 116 valence electrons. The predicted molar refractivity (Wildman–Crippen MR) is 68.9 cm³/mol. The van der Waals surface area contributed by atoms with Crippen molar-refractivity contribution in [1.29, 1.82) is 0 Å². The summed E-state index contributed by atoms with van der Waals surface area (Å²) in [6.07, 6.45) is -4.58. The van der Waals surface area contributed by atoms with Crippen LogP contribution >= 0.6 is 0 Å². The van der Waals surface area contributed by atoms with Crippen LogP contribution in [-0.2, 0) is 10.9 Å². The molecule has 1 atom stereocenters. The highest BCUT2D eigenvalue weighted by Crippen LogP contribution is 2.29. The third-order valence-corrected chi connectivity index (χ3v) is 2.97. The smallest absolute Gasteiger partial charge is 0.378 e. The van der Waals surface area contributed by atoms with Gasteiger partial charge in [0.2, 0.25) is 0 Å². The number of hydrogen-bond acceptors (Lipinski definition) is 5. The first-order chi connectivity index (χ1) is 9.88. The molecule has 6 nitrogen and oxygen atoms in total. The van der Waals surface area contributed by atoms with Gasteiger partial charge in [-0.25, -0.2) is 4.98 Å². The maximum atomic E-state index is 12.7. The second kappa shape index (κ2) is 6.27. The molecule has 1 saturated heterocycles. The Morgan fingerprint density at radius 3 is 2.86 bits per heavy atom. The minimum atomic E-state index is -4.58. The molecule has 0 bridgehead atoms. The van der Waals surface area contributed by atoms with Crippen molar-refractivity contribution in [2.75, 3.05) is 31.6 Å². The molecule has 1 aromatic heterocycles. The van der Waals surface area contributed by atoms with E-state index in [2.05, 4.69) is 15.6 Å². The molecular formula is C12H15F3N4O2. The summed E-state index contributed by atoms with van der Waals surface area (Å²) in [4.78, 5) is 14.7. The number of nitrogens with one attached hydrogen (secondary N) is 2. The van der Waals surface area contributed by atoms with Gasteiger partial charge in [0.25, 0.3) is 5.91 Å². The summed E-state index contributed by atoms with van der Waals surface area (Å²) in [5.41, 5.74) is 3.98. The Balaban J connectivity index is 2.16. The number of primary amides is 1. The number of morpholine rings is 1. The second-order valence-corrected chi connectivity index (χ2v) is 4.56. The Hall–Kier alpha value is -1.87. The van der Waals surface area contributed by atoms with Crippen LogP contribution in [0, 0.1) is 0 Å². The van der Waals surface area contributed by atoms with Crippen LogP contribution in [0.2, 0.25) is 0 Å². The van der Waals surface area contributed by atoms with E-state index in [1.807, 2.05) is 0 Å². The molecule has 0 aliphatic carbocycles. The molecule has 1 unspecified atom stereocenters. The number of alkyl halides is 3. The summed E-state index contributed by atoms with van der Waals surface area (Å²) in [5.74, 6) is -1.02. The van der Waals surface area contributed by atoms with Gasteiger partial charge in [0.1, 0.15) is 11.5 Å². The lowest BCUT2D eigenvalue weighted by Crippen LogP contribution is -2.45. The maximum absolute atomic E-state index is 12.7. The maximum Gasteiger partial charge on any atom is 0.433 e. The number of hydrogen-bond donors (Lipinski definition) is 3. The van der Waals surface area contributed by atoms with Crippen molar-refractivity contribution in [1.82, 2.24) is 10.3 Å². The van der Waals surface area contributed by atoms with Gasteiger partial charge in [-0.2, -0.15) is 13.2 Å². The second-order valence-electron chi connectivity index (χ2n) is 4.56. The van der Waals surface area contributed by atoms with E-state index < -0.39 is 17.8 Å². The van der Waals surface area contributed by atoms with Crippen molar-refractivity contribution in [3.63, 3.8) is 0 Å².